The first kappa shape index (κ1) is 20.0. The van der Waals surface area contributed by atoms with Gasteiger partial charge in [-0.05, 0) is 42.5 Å². The van der Waals surface area contributed by atoms with Gasteiger partial charge < -0.3 is 19.5 Å². The molecule has 0 bridgehead atoms. The van der Waals surface area contributed by atoms with E-state index in [2.05, 4.69) is 46.6 Å². The van der Waals surface area contributed by atoms with Crippen molar-refractivity contribution in [3.05, 3.63) is 84.6 Å². The Bertz CT molecular complexity index is 1180. The molecule has 1 amide bonds. The largest absolute Gasteiger partial charge is 0.354 e. The Balaban J connectivity index is 1.25. The van der Waals surface area contributed by atoms with E-state index in [1.807, 2.05) is 42.6 Å². The van der Waals surface area contributed by atoms with Gasteiger partial charge in [-0.15, -0.1) is 0 Å². The molecule has 32 heavy (non-hydrogen) atoms. The molecule has 0 saturated carbocycles. The molecule has 0 unspecified atom stereocenters. The molecule has 162 valence electrons. The number of carbonyl (C=O) groups is 1. The third-order valence-corrected chi connectivity index (χ3v) is 5.72. The summed E-state index contributed by atoms with van der Waals surface area (Å²) in [5.74, 6) is 1.79. The molecule has 1 N–H and O–H groups in total. The van der Waals surface area contributed by atoms with Crippen molar-refractivity contribution in [3.63, 3.8) is 0 Å². The van der Waals surface area contributed by atoms with Crippen LogP contribution < -0.4 is 15.1 Å². The van der Waals surface area contributed by atoms with Crippen molar-refractivity contribution in [1.29, 1.82) is 0 Å². The standard InChI is InChI=1S/C24H25N7O/c32-23(26-13-9-20-4-1-2-10-25-20)19-5-6-21-7-8-22(31(21)18-19)29-14-16-30(17-15-29)24-27-11-3-12-28-24/h1-8,10-12,18H,9,13-17H2,(H,26,32). The van der Waals surface area contributed by atoms with E-state index in [4.69, 9.17) is 0 Å². The fraction of sp³-hybridized carbons (Fsp3) is 0.250. The van der Waals surface area contributed by atoms with Crippen molar-refractivity contribution < 1.29 is 4.79 Å². The van der Waals surface area contributed by atoms with Crippen molar-refractivity contribution in [2.45, 2.75) is 6.42 Å². The van der Waals surface area contributed by atoms with Gasteiger partial charge >= 0.3 is 0 Å². The number of amides is 1. The fourth-order valence-corrected chi connectivity index (χ4v) is 4.02. The number of hydrogen-bond acceptors (Lipinski definition) is 6. The topological polar surface area (TPSA) is 78.7 Å². The quantitative estimate of drug-likeness (QED) is 0.509. The predicted molar refractivity (Wildman–Crippen MR) is 124 cm³/mol. The number of hydrogen-bond donors (Lipinski definition) is 1. The van der Waals surface area contributed by atoms with Crippen LogP contribution in [-0.2, 0) is 6.42 Å². The van der Waals surface area contributed by atoms with Gasteiger partial charge in [-0.1, -0.05) is 6.07 Å². The summed E-state index contributed by atoms with van der Waals surface area (Å²) >= 11 is 0. The molecule has 1 aliphatic rings. The van der Waals surface area contributed by atoms with Gasteiger partial charge in [-0.25, -0.2) is 9.97 Å². The summed E-state index contributed by atoms with van der Waals surface area (Å²) < 4.78 is 2.10. The SMILES string of the molecule is O=C(NCCc1ccccn1)c1ccc2ccc(N3CCN(c4ncccn4)CC3)n2c1. The average Bonchev–Trinajstić information content (AvgIpc) is 3.28. The summed E-state index contributed by atoms with van der Waals surface area (Å²) in [6.45, 7) is 3.99. The Hall–Kier alpha value is -3.94. The van der Waals surface area contributed by atoms with E-state index in [0.29, 0.717) is 18.5 Å². The lowest BCUT2D eigenvalue weighted by atomic mass is 10.2. The van der Waals surface area contributed by atoms with Gasteiger partial charge in [0.15, 0.2) is 0 Å². The smallest absolute Gasteiger partial charge is 0.252 e. The zero-order valence-electron chi connectivity index (χ0n) is 17.8. The minimum absolute atomic E-state index is 0.0754. The summed E-state index contributed by atoms with van der Waals surface area (Å²) in [6.07, 6.45) is 7.95. The molecule has 4 aromatic heterocycles. The molecular weight excluding hydrogens is 402 g/mol. The Labute approximate surface area is 186 Å². The molecule has 8 heteroatoms. The summed E-state index contributed by atoms with van der Waals surface area (Å²) in [6, 6.07) is 15.7. The van der Waals surface area contributed by atoms with Crippen molar-refractivity contribution in [2.75, 3.05) is 42.5 Å². The molecule has 0 aliphatic carbocycles. The monoisotopic (exact) mass is 427 g/mol. The second kappa shape index (κ2) is 9.05. The molecule has 4 aromatic rings. The molecule has 0 radical (unpaired) electrons. The van der Waals surface area contributed by atoms with Crippen LogP contribution in [-0.4, -0.2) is 58.0 Å². The maximum absolute atomic E-state index is 12.7. The Morgan fingerprint density at radius 3 is 2.38 bits per heavy atom. The van der Waals surface area contributed by atoms with E-state index in [1.54, 1.807) is 18.6 Å². The third-order valence-electron chi connectivity index (χ3n) is 5.72. The van der Waals surface area contributed by atoms with E-state index >= 15 is 0 Å². The first-order chi connectivity index (χ1) is 15.8. The van der Waals surface area contributed by atoms with Gasteiger partial charge in [0, 0.05) is 75.1 Å². The van der Waals surface area contributed by atoms with Crippen LogP contribution in [0.2, 0.25) is 0 Å². The lowest BCUT2D eigenvalue weighted by molar-refractivity contribution is 0.0953. The second-order valence-corrected chi connectivity index (χ2v) is 7.75. The summed E-state index contributed by atoms with van der Waals surface area (Å²) in [7, 11) is 0. The first-order valence-corrected chi connectivity index (χ1v) is 10.8. The molecule has 5 heterocycles. The normalized spacial score (nSPS) is 14.0. The van der Waals surface area contributed by atoms with Crippen molar-refractivity contribution in [3.8, 4) is 0 Å². The van der Waals surface area contributed by atoms with Crippen molar-refractivity contribution in [1.82, 2.24) is 24.7 Å². The van der Waals surface area contributed by atoms with Crippen LogP contribution in [0.3, 0.4) is 0 Å². The first-order valence-electron chi connectivity index (χ1n) is 10.8. The van der Waals surface area contributed by atoms with Crippen LogP contribution in [0.25, 0.3) is 5.52 Å². The molecule has 0 spiro atoms. The highest BCUT2D eigenvalue weighted by atomic mass is 16.1. The van der Waals surface area contributed by atoms with Crippen LogP contribution in [0.4, 0.5) is 11.8 Å². The number of aromatic nitrogens is 4. The number of carbonyl (C=O) groups excluding carboxylic acids is 1. The predicted octanol–water partition coefficient (Wildman–Crippen LogP) is 2.42. The zero-order chi connectivity index (χ0) is 21.8. The van der Waals surface area contributed by atoms with Crippen molar-refractivity contribution >= 4 is 23.2 Å². The molecule has 5 rings (SSSR count). The second-order valence-electron chi connectivity index (χ2n) is 7.75. The fourth-order valence-electron chi connectivity index (χ4n) is 4.02. The zero-order valence-corrected chi connectivity index (χ0v) is 17.8. The highest BCUT2D eigenvalue weighted by molar-refractivity contribution is 5.94. The molecule has 8 nitrogen and oxygen atoms in total. The van der Waals surface area contributed by atoms with Gasteiger partial charge in [0.1, 0.15) is 5.82 Å². The Kier molecular flexibility index (Phi) is 5.65. The number of nitrogens with zero attached hydrogens (tertiary/aromatic N) is 6. The minimum atomic E-state index is -0.0754. The number of nitrogens with one attached hydrogen (secondary N) is 1. The van der Waals surface area contributed by atoms with Crippen LogP contribution in [0.1, 0.15) is 16.1 Å². The molecule has 1 aliphatic heterocycles. The lowest BCUT2D eigenvalue weighted by Crippen LogP contribution is -2.47. The maximum atomic E-state index is 12.7. The number of fused-ring (bicyclic) bond motifs is 1. The number of anilines is 2. The van der Waals surface area contributed by atoms with Gasteiger partial charge in [0.25, 0.3) is 5.91 Å². The number of rotatable bonds is 6. The summed E-state index contributed by atoms with van der Waals surface area (Å²) in [4.78, 5) is 30.3. The minimum Gasteiger partial charge on any atom is -0.354 e. The van der Waals surface area contributed by atoms with Crippen molar-refractivity contribution in [2.24, 2.45) is 0 Å². The van der Waals surface area contributed by atoms with Gasteiger partial charge in [0.2, 0.25) is 5.95 Å². The number of piperazine rings is 1. The maximum Gasteiger partial charge on any atom is 0.252 e. The van der Waals surface area contributed by atoms with Crippen LogP contribution in [0.15, 0.2) is 73.3 Å². The van der Waals surface area contributed by atoms with E-state index < -0.39 is 0 Å². The van der Waals surface area contributed by atoms with Crippen LogP contribution in [0.5, 0.6) is 0 Å². The summed E-state index contributed by atoms with van der Waals surface area (Å²) in [5, 5.41) is 3.00. The average molecular weight is 428 g/mol. The van der Waals surface area contributed by atoms with E-state index in [-0.39, 0.29) is 5.91 Å². The Morgan fingerprint density at radius 1 is 0.844 bits per heavy atom. The lowest BCUT2D eigenvalue weighted by Gasteiger charge is -2.35. The van der Waals surface area contributed by atoms with Gasteiger partial charge in [0.05, 0.1) is 5.56 Å². The molecular formula is C24H25N7O. The van der Waals surface area contributed by atoms with Gasteiger partial charge in [-0.3, -0.25) is 9.78 Å². The number of pyridine rings is 2. The van der Waals surface area contributed by atoms with E-state index in [0.717, 1.165) is 49.2 Å². The molecule has 1 fully saturated rings. The van der Waals surface area contributed by atoms with E-state index in [1.165, 1.54) is 0 Å². The molecule has 1 saturated heterocycles. The summed E-state index contributed by atoms with van der Waals surface area (Å²) in [5.41, 5.74) is 2.68. The van der Waals surface area contributed by atoms with Crippen LogP contribution in [0, 0.1) is 0 Å². The highest BCUT2D eigenvalue weighted by Crippen LogP contribution is 2.22. The van der Waals surface area contributed by atoms with Crippen LogP contribution >= 0.6 is 0 Å². The molecule has 0 atom stereocenters. The van der Waals surface area contributed by atoms with Gasteiger partial charge in [-0.2, -0.15) is 0 Å². The third kappa shape index (κ3) is 4.25. The Morgan fingerprint density at radius 2 is 1.59 bits per heavy atom. The molecule has 0 aromatic carbocycles. The van der Waals surface area contributed by atoms with E-state index in [9.17, 15) is 4.79 Å². The highest BCUT2D eigenvalue weighted by Gasteiger charge is 2.21.